The van der Waals surface area contributed by atoms with E-state index in [2.05, 4.69) is 27.7 Å². The third-order valence-corrected chi connectivity index (χ3v) is 8.00. The molecule has 156 valence electrons. The first kappa shape index (κ1) is 19.9. The second-order valence-corrected chi connectivity index (χ2v) is 9.97. The summed E-state index contributed by atoms with van der Waals surface area (Å²) in [5.74, 6) is -0.849. The van der Waals surface area contributed by atoms with Crippen LogP contribution in [0.25, 0.3) is 0 Å². The molecule has 2 heterocycles. The van der Waals surface area contributed by atoms with Gasteiger partial charge in [0.2, 0.25) is 12.6 Å². The van der Waals surface area contributed by atoms with Gasteiger partial charge in [0, 0.05) is 18.8 Å². The number of fused-ring (bicyclic) bond motifs is 2. The van der Waals surface area contributed by atoms with Gasteiger partial charge in [0.1, 0.15) is 0 Å². The molecule has 2 fully saturated rings. The lowest BCUT2D eigenvalue weighted by molar-refractivity contribution is -0.214. The smallest absolute Gasteiger partial charge is 0.308 e. The Morgan fingerprint density at radius 3 is 2.64 bits per heavy atom. The quantitative estimate of drug-likeness (QED) is 0.573. The first-order valence-electron chi connectivity index (χ1n) is 10.5. The van der Waals surface area contributed by atoms with Crippen LogP contribution >= 0.6 is 0 Å². The number of aliphatic hydroxyl groups excluding tert-OH is 1. The van der Waals surface area contributed by atoms with Crippen molar-refractivity contribution >= 4 is 11.9 Å². The zero-order chi connectivity index (χ0) is 20.4. The topological polar surface area (TPSA) is 82.1 Å². The molecule has 0 aromatic carbocycles. The van der Waals surface area contributed by atoms with Gasteiger partial charge in [-0.1, -0.05) is 33.3 Å². The van der Waals surface area contributed by atoms with Gasteiger partial charge >= 0.3 is 11.9 Å². The van der Waals surface area contributed by atoms with E-state index in [1.54, 1.807) is 0 Å². The van der Waals surface area contributed by atoms with E-state index in [1.165, 1.54) is 18.1 Å². The van der Waals surface area contributed by atoms with Crippen LogP contribution in [-0.4, -0.2) is 35.7 Å². The zero-order valence-corrected chi connectivity index (χ0v) is 17.5. The molecule has 6 nitrogen and oxygen atoms in total. The number of ether oxygens (including phenoxy) is 3. The summed E-state index contributed by atoms with van der Waals surface area (Å²) in [5, 5.41) is 10.9. The molecule has 0 spiro atoms. The van der Waals surface area contributed by atoms with Crippen molar-refractivity contribution < 1.29 is 28.9 Å². The largest absolute Gasteiger partial charge is 0.435 e. The van der Waals surface area contributed by atoms with Gasteiger partial charge in [-0.05, 0) is 48.0 Å². The van der Waals surface area contributed by atoms with Crippen molar-refractivity contribution in [2.45, 2.75) is 85.4 Å². The first-order valence-corrected chi connectivity index (χ1v) is 10.5. The summed E-state index contributed by atoms with van der Waals surface area (Å²) in [6, 6.07) is 0. The zero-order valence-electron chi connectivity index (χ0n) is 17.5. The van der Waals surface area contributed by atoms with Gasteiger partial charge in [-0.15, -0.1) is 0 Å². The number of carbonyl (C=O) groups excluding carboxylic acids is 2. The summed E-state index contributed by atoms with van der Waals surface area (Å²) in [6.07, 6.45) is 2.00. The molecule has 2 saturated heterocycles. The molecule has 0 amide bonds. The highest BCUT2D eigenvalue weighted by Gasteiger charge is 2.62. The van der Waals surface area contributed by atoms with Gasteiger partial charge in [-0.2, -0.15) is 0 Å². The van der Waals surface area contributed by atoms with Crippen molar-refractivity contribution in [2.24, 2.45) is 28.6 Å². The summed E-state index contributed by atoms with van der Waals surface area (Å²) in [6.45, 7) is 10.3. The number of rotatable bonds is 2. The van der Waals surface area contributed by atoms with E-state index in [4.69, 9.17) is 14.2 Å². The average Bonchev–Trinajstić information content (AvgIpc) is 2.82. The fourth-order valence-corrected chi connectivity index (χ4v) is 6.31. The van der Waals surface area contributed by atoms with Gasteiger partial charge in [-0.25, -0.2) is 0 Å². The Bertz CT molecular complexity index is 725. The van der Waals surface area contributed by atoms with Crippen LogP contribution in [0.15, 0.2) is 11.1 Å². The lowest BCUT2D eigenvalue weighted by Gasteiger charge is -2.53. The molecule has 2 bridgehead atoms. The fourth-order valence-electron chi connectivity index (χ4n) is 6.31. The number of aliphatic hydroxyl groups is 1. The van der Waals surface area contributed by atoms with Crippen molar-refractivity contribution in [1.29, 1.82) is 0 Å². The highest BCUT2D eigenvalue weighted by atomic mass is 16.8. The maximum absolute atomic E-state index is 12.0. The van der Waals surface area contributed by atoms with Crippen LogP contribution in [0.3, 0.4) is 0 Å². The van der Waals surface area contributed by atoms with Gasteiger partial charge in [0.05, 0.1) is 12.5 Å². The molecule has 1 N–H and O–H groups in total. The normalized spacial score (nSPS) is 44.7. The SMILES string of the molecule is CC(=O)O[C@@H]1O[C@@H]2OC(=O)C[C@H]1[C@@H]2[C@]1(C)CCC2=C([C@H](O)CCC2(C)C)[C@H]1C. The summed E-state index contributed by atoms with van der Waals surface area (Å²) in [4.78, 5) is 23.6. The molecular formula is C22H32O6. The van der Waals surface area contributed by atoms with Crippen LogP contribution in [0.1, 0.15) is 66.7 Å². The first-order chi connectivity index (χ1) is 13.0. The molecule has 2 aliphatic carbocycles. The minimum absolute atomic E-state index is 0.0594. The summed E-state index contributed by atoms with van der Waals surface area (Å²) < 4.78 is 16.8. The van der Waals surface area contributed by atoms with Crippen LogP contribution < -0.4 is 0 Å². The Morgan fingerprint density at radius 1 is 1.25 bits per heavy atom. The van der Waals surface area contributed by atoms with Gasteiger partial charge in [0.15, 0.2) is 0 Å². The summed E-state index contributed by atoms with van der Waals surface area (Å²) >= 11 is 0. The minimum Gasteiger partial charge on any atom is -0.435 e. The predicted octanol–water partition coefficient (Wildman–Crippen LogP) is 3.32. The Morgan fingerprint density at radius 2 is 1.96 bits per heavy atom. The summed E-state index contributed by atoms with van der Waals surface area (Å²) in [7, 11) is 0. The molecule has 7 atom stereocenters. The van der Waals surface area contributed by atoms with Crippen LogP contribution in [-0.2, 0) is 23.8 Å². The van der Waals surface area contributed by atoms with E-state index >= 15 is 0 Å². The van der Waals surface area contributed by atoms with E-state index in [0.29, 0.717) is 0 Å². The minimum atomic E-state index is -0.744. The third kappa shape index (κ3) is 2.91. The van der Waals surface area contributed by atoms with E-state index in [-0.39, 0.29) is 41.0 Å². The molecule has 0 aromatic heterocycles. The Balaban J connectivity index is 1.70. The molecule has 4 rings (SSSR count). The van der Waals surface area contributed by atoms with Gasteiger partial charge in [0.25, 0.3) is 0 Å². The Labute approximate surface area is 166 Å². The molecule has 2 aliphatic heterocycles. The van der Waals surface area contributed by atoms with Crippen molar-refractivity contribution in [1.82, 2.24) is 0 Å². The number of hydrogen-bond acceptors (Lipinski definition) is 6. The molecular weight excluding hydrogens is 360 g/mol. The maximum Gasteiger partial charge on any atom is 0.308 e. The van der Waals surface area contributed by atoms with Crippen LogP contribution in [0.2, 0.25) is 0 Å². The molecule has 28 heavy (non-hydrogen) atoms. The second kappa shape index (κ2) is 6.56. The Hall–Kier alpha value is -1.40. The maximum atomic E-state index is 12.0. The van der Waals surface area contributed by atoms with E-state index in [0.717, 1.165) is 25.7 Å². The van der Waals surface area contributed by atoms with Crippen molar-refractivity contribution in [3.63, 3.8) is 0 Å². The molecule has 0 radical (unpaired) electrons. The fraction of sp³-hybridized carbons (Fsp3) is 0.818. The Kier molecular flexibility index (Phi) is 4.66. The van der Waals surface area contributed by atoms with E-state index < -0.39 is 24.7 Å². The highest BCUT2D eigenvalue weighted by Crippen LogP contribution is 2.61. The number of carbonyl (C=O) groups is 2. The molecule has 0 unspecified atom stereocenters. The van der Waals surface area contributed by atoms with E-state index in [1.807, 2.05) is 0 Å². The van der Waals surface area contributed by atoms with Crippen LogP contribution in [0, 0.1) is 28.6 Å². The molecule has 0 aromatic rings. The number of esters is 2. The van der Waals surface area contributed by atoms with Crippen LogP contribution in [0.5, 0.6) is 0 Å². The average molecular weight is 392 g/mol. The highest BCUT2D eigenvalue weighted by molar-refractivity contribution is 5.71. The monoisotopic (exact) mass is 392 g/mol. The standard InChI is InChI=1S/C22H32O6/c1-11-17-14(21(3,4)8-7-15(17)24)6-9-22(11,5)18-13-10-16(25)27-20(18)28-19(13)26-12(2)23/h11,13,15,18-20,24H,6-10H2,1-5H3/t11-,13+,15-,18+,19-,20+,22-/m1/s1. The molecule has 0 saturated carbocycles. The van der Waals surface area contributed by atoms with E-state index in [9.17, 15) is 14.7 Å². The molecule has 6 heteroatoms. The number of hydrogen-bond donors (Lipinski definition) is 1. The van der Waals surface area contributed by atoms with Crippen LogP contribution in [0.4, 0.5) is 0 Å². The van der Waals surface area contributed by atoms with Gasteiger partial charge < -0.3 is 19.3 Å². The molecule has 4 aliphatic rings. The van der Waals surface area contributed by atoms with Crippen molar-refractivity contribution in [2.75, 3.05) is 0 Å². The van der Waals surface area contributed by atoms with Gasteiger partial charge in [-0.3, -0.25) is 9.59 Å². The lowest BCUT2D eigenvalue weighted by atomic mass is 9.52. The third-order valence-electron chi connectivity index (χ3n) is 8.00. The van der Waals surface area contributed by atoms with Crippen molar-refractivity contribution in [3.05, 3.63) is 11.1 Å². The summed E-state index contributed by atoms with van der Waals surface area (Å²) in [5.41, 5.74) is 2.47. The number of allylic oxidation sites excluding steroid dienone is 1. The second-order valence-electron chi connectivity index (χ2n) is 9.97. The lowest BCUT2D eigenvalue weighted by Crippen LogP contribution is -2.51. The van der Waals surface area contributed by atoms with Crippen molar-refractivity contribution in [3.8, 4) is 0 Å². The predicted molar refractivity (Wildman–Crippen MR) is 101 cm³/mol.